The van der Waals surface area contributed by atoms with Gasteiger partial charge in [-0.15, -0.1) is 0 Å². The van der Waals surface area contributed by atoms with Gasteiger partial charge in [0.15, 0.2) is 0 Å². The fraction of sp³-hybridized carbons (Fsp3) is 0.500. The Morgan fingerprint density at radius 1 is 1.46 bits per heavy atom. The number of nitrogens with zero attached hydrogens (tertiary/aromatic N) is 2. The van der Waals surface area contributed by atoms with Gasteiger partial charge in [0, 0.05) is 4.75 Å². The Kier molecular flexibility index (Phi) is 3.03. The van der Waals surface area contributed by atoms with Crippen LogP contribution in [-0.2, 0) is 0 Å². The van der Waals surface area contributed by atoms with Crippen molar-refractivity contribution in [2.75, 3.05) is 5.73 Å². The highest BCUT2D eigenvalue weighted by Gasteiger charge is 2.15. The van der Waals surface area contributed by atoms with Crippen LogP contribution in [0.2, 0.25) is 5.02 Å². The summed E-state index contributed by atoms with van der Waals surface area (Å²) < 4.78 is 0.0738. The predicted octanol–water partition coefficient (Wildman–Crippen LogP) is 2.60. The Labute approximate surface area is 87.1 Å². The third-order valence-corrected chi connectivity index (χ3v) is 2.64. The summed E-state index contributed by atoms with van der Waals surface area (Å²) in [5, 5.41) is 1.29. The Bertz CT molecular complexity index is 309. The van der Waals surface area contributed by atoms with E-state index in [0.717, 1.165) is 5.03 Å². The van der Waals surface area contributed by atoms with E-state index in [9.17, 15) is 0 Å². The largest absolute Gasteiger partial charge is 0.368 e. The van der Waals surface area contributed by atoms with Crippen LogP contribution < -0.4 is 5.73 Å². The van der Waals surface area contributed by atoms with Gasteiger partial charge in [-0.2, -0.15) is 0 Å². The van der Waals surface area contributed by atoms with E-state index in [1.165, 1.54) is 6.20 Å². The third-order valence-electron chi connectivity index (χ3n) is 1.13. The van der Waals surface area contributed by atoms with Crippen molar-refractivity contribution in [3.05, 3.63) is 11.2 Å². The molecule has 0 amide bonds. The van der Waals surface area contributed by atoms with Gasteiger partial charge >= 0.3 is 0 Å². The van der Waals surface area contributed by atoms with Gasteiger partial charge in [-0.05, 0) is 0 Å². The van der Waals surface area contributed by atoms with Gasteiger partial charge in [-0.3, -0.25) is 0 Å². The molecule has 0 fully saturated rings. The smallest absolute Gasteiger partial charge is 0.221 e. The zero-order chi connectivity index (χ0) is 10.1. The first kappa shape index (κ1) is 10.6. The summed E-state index contributed by atoms with van der Waals surface area (Å²) in [5.74, 6) is 0.260. The molecule has 0 atom stereocenters. The van der Waals surface area contributed by atoms with Crippen LogP contribution in [0, 0.1) is 0 Å². The molecule has 0 unspecified atom stereocenters. The van der Waals surface area contributed by atoms with E-state index in [-0.39, 0.29) is 10.7 Å². The van der Waals surface area contributed by atoms with Gasteiger partial charge in [0.25, 0.3) is 0 Å². The Balaban J connectivity index is 2.94. The highest BCUT2D eigenvalue weighted by molar-refractivity contribution is 8.00. The Hall–Kier alpha value is -0.480. The molecule has 0 saturated heterocycles. The van der Waals surface area contributed by atoms with Crippen molar-refractivity contribution < 1.29 is 0 Å². The molecule has 2 N–H and O–H groups in total. The standard InChI is InChI=1S/C8H12ClN3S/c1-8(2,3)13-6-5(9)4-11-7(10)12-6/h4H,1-3H3,(H2,10,11,12). The van der Waals surface area contributed by atoms with E-state index < -0.39 is 0 Å². The number of halogens is 1. The lowest BCUT2D eigenvalue weighted by Gasteiger charge is -2.17. The molecular weight excluding hydrogens is 206 g/mol. The summed E-state index contributed by atoms with van der Waals surface area (Å²) in [6.07, 6.45) is 1.53. The minimum absolute atomic E-state index is 0.0738. The average Bonchev–Trinajstić information content (AvgIpc) is 1.94. The molecule has 0 aromatic carbocycles. The first-order valence-corrected chi connectivity index (χ1v) is 5.05. The highest BCUT2D eigenvalue weighted by atomic mass is 35.5. The van der Waals surface area contributed by atoms with Crippen molar-refractivity contribution in [1.82, 2.24) is 9.97 Å². The fourth-order valence-corrected chi connectivity index (χ4v) is 1.80. The second kappa shape index (κ2) is 3.72. The third kappa shape index (κ3) is 3.40. The lowest BCUT2D eigenvalue weighted by atomic mass is 10.3. The number of anilines is 1. The maximum absolute atomic E-state index is 5.90. The first-order valence-electron chi connectivity index (χ1n) is 3.85. The van der Waals surface area contributed by atoms with Gasteiger partial charge in [-0.25, -0.2) is 9.97 Å². The molecule has 5 heteroatoms. The Morgan fingerprint density at radius 3 is 2.62 bits per heavy atom. The van der Waals surface area contributed by atoms with Crippen LogP contribution in [0.5, 0.6) is 0 Å². The summed E-state index contributed by atoms with van der Waals surface area (Å²) in [7, 11) is 0. The SMILES string of the molecule is CC(C)(C)Sc1nc(N)ncc1Cl. The molecule has 1 aromatic heterocycles. The molecule has 0 bridgehead atoms. The maximum atomic E-state index is 5.90. The summed E-state index contributed by atoms with van der Waals surface area (Å²) >= 11 is 7.48. The average molecular weight is 218 g/mol. The van der Waals surface area contributed by atoms with Crippen molar-refractivity contribution in [1.29, 1.82) is 0 Å². The molecule has 0 aliphatic rings. The summed E-state index contributed by atoms with van der Waals surface area (Å²) in [5.41, 5.74) is 5.45. The number of nitrogen functional groups attached to an aromatic ring is 1. The molecule has 0 saturated carbocycles. The summed E-state index contributed by atoms with van der Waals surface area (Å²) in [6.45, 7) is 6.27. The molecule has 1 aromatic rings. The molecule has 0 radical (unpaired) electrons. The van der Waals surface area contributed by atoms with E-state index >= 15 is 0 Å². The minimum atomic E-state index is 0.0738. The van der Waals surface area contributed by atoms with Crippen molar-refractivity contribution in [3.63, 3.8) is 0 Å². The zero-order valence-electron chi connectivity index (χ0n) is 7.84. The molecule has 3 nitrogen and oxygen atoms in total. The number of aromatic nitrogens is 2. The summed E-state index contributed by atoms with van der Waals surface area (Å²) in [4.78, 5) is 7.85. The summed E-state index contributed by atoms with van der Waals surface area (Å²) in [6, 6.07) is 0. The number of nitrogens with two attached hydrogens (primary N) is 1. The fourth-order valence-electron chi connectivity index (χ4n) is 0.726. The van der Waals surface area contributed by atoms with E-state index in [4.69, 9.17) is 17.3 Å². The molecule has 0 spiro atoms. The van der Waals surface area contributed by atoms with Crippen LogP contribution in [0.25, 0.3) is 0 Å². The molecule has 0 aliphatic carbocycles. The zero-order valence-corrected chi connectivity index (χ0v) is 9.41. The van der Waals surface area contributed by atoms with Crippen LogP contribution in [0.4, 0.5) is 5.95 Å². The Morgan fingerprint density at radius 2 is 2.08 bits per heavy atom. The number of thioether (sulfide) groups is 1. The maximum Gasteiger partial charge on any atom is 0.221 e. The monoisotopic (exact) mass is 217 g/mol. The van der Waals surface area contributed by atoms with E-state index in [1.807, 2.05) is 0 Å². The second-order valence-corrected chi connectivity index (χ2v) is 5.82. The number of hydrogen-bond acceptors (Lipinski definition) is 4. The van der Waals surface area contributed by atoms with Crippen LogP contribution in [0.3, 0.4) is 0 Å². The topological polar surface area (TPSA) is 51.8 Å². The van der Waals surface area contributed by atoms with Gasteiger partial charge in [0.05, 0.1) is 11.2 Å². The minimum Gasteiger partial charge on any atom is -0.368 e. The van der Waals surface area contributed by atoms with Crippen molar-refractivity contribution in [2.45, 2.75) is 30.5 Å². The lowest BCUT2D eigenvalue weighted by molar-refractivity contribution is 0.799. The molecule has 1 heterocycles. The van der Waals surface area contributed by atoms with Crippen LogP contribution in [0.15, 0.2) is 11.2 Å². The van der Waals surface area contributed by atoms with Gasteiger partial charge in [0.1, 0.15) is 5.03 Å². The van der Waals surface area contributed by atoms with Crippen LogP contribution in [-0.4, -0.2) is 14.7 Å². The van der Waals surface area contributed by atoms with Gasteiger partial charge < -0.3 is 5.73 Å². The van der Waals surface area contributed by atoms with E-state index in [0.29, 0.717) is 5.02 Å². The number of rotatable bonds is 1. The van der Waals surface area contributed by atoms with Gasteiger partial charge in [-0.1, -0.05) is 44.1 Å². The van der Waals surface area contributed by atoms with Crippen LogP contribution >= 0.6 is 23.4 Å². The van der Waals surface area contributed by atoms with Crippen molar-refractivity contribution in [3.8, 4) is 0 Å². The molecule has 72 valence electrons. The number of hydrogen-bond donors (Lipinski definition) is 1. The lowest BCUT2D eigenvalue weighted by Crippen LogP contribution is -2.08. The molecule has 13 heavy (non-hydrogen) atoms. The van der Waals surface area contributed by atoms with Crippen molar-refractivity contribution in [2.24, 2.45) is 0 Å². The quantitative estimate of drug-likeness (QED) is 0.581. The first-order chi connectivity index (χ1) is 5.88. The highest BCUT2D eigenvalue weighted by Crippen LogP contribution is 2.34. The van der Waals surface area contributed by atoms with E-state index in [1.54, 1.807) is 11.8 Å². The van der Waals surface area contributed by atoms with E-state index in [2.05, 4.69) is 30.7 Å². The molecule has 1 rings (SSSR count). The predicted molar refractivity (Wildman–Crippen MR) is 57.1 cm³/mol. The second-order valence-electron chi connectivity index (χ2n) is 3.60. The van der Waals surface area contributed by atoms with Crippen molar-refractivity contribution >= 4 is 29.3 Å². The molecular formula is C8H12ClN3S. The molecule has 0 aliphatic heterocycles. The normalized spacial score (nSPS) is 11.7. The van der Waals surface area contributed by atoms with Crippen LogP contribution in [0.1, 0.15) is 20.8 Å². The van der Waals surface area contributed by atoms with Gasteiger partial charge in [0.2, 0.25) is 5.95 Å².